The van der Waals surface area contributed by atoms with Gasteiger partial charge in [-0.1, -0.05) is 67.0 Å². The zero-order valence-electron chi connectivity index (χ0n) is 44.8. The molecule has 2 unspecified atom stereocenters. The summed E-state index contributed by atoms with van der Waals surface area (Å²) >= 11 is 12.6. The van der Waals surface area contributed by atoms with Crippen molar-refractivity contribution < 1.29 is 19.1 Å². The Labute approximate surface area is 473 Å². The summed E-state index contributed by atoms with van der Waals surface area (Å²) in [5.41, 5.74) is 9.85. The Morgan fingerprint density at radius 1 is 0.671 bits per heavy atom. The lowest BCUT2D eigenvalue weighted by Crippen LogP contribution is -2.44. The second-order valence-corrected chi connectivity index (χ2v) is 20.5. The van der Waals surface area contributed by atoms with Gasteiger partial charge < -0.3 is 39.0 Å². The summed E-state index contributed by atoms with van der Waals surface area (Å²) in [5, 5.41) is 1.17. The third-order valence-electron chi connectivity index (χ3n) is 14.2. The van der Waals surface area contributed by atoms with Gasteiger partial charge in [-0.25, -0.2) is 9.97 Å². The standard InChI is InChI=1S/C30H33ClN6O2.C16H20N4O.C14H13ClN2O.CH4/c1-35-13-15-36(16-14-35)25-7-3-6-24-29(25)34-30(33-24)27-18-21(38)17-26(28-23(31)5-4-12-32-28)37(27)19-20-8-10-22(39-2)11-9-20;1-12(21)6-7-15-17-13-4-3-5-14(16(13)18-15)20-10-8-19(2)9-11-20;1-18-12-6-4-11(5-7-12)9-16-10-14-13(15)3-2-8-17-14;/h3-12,26-27H,13-19H2,1-2H3,(H,33,34);3-7H,8-11H2,1-2H3,(H,17,18);2-8,10H,9H2,1H3;1H4/b;7-6+;;. The molecule has 11 rings (SSSR count). The number of aromatic nitrogens is 6. The van der Waals surface area contributed by atoms with Gasteiger partial charge in [0.15, 0.2) is 5.78 Å². The number of halogens is 2. The van der Waals surface area contributed by atoms with Crippen molar-refractivity contribution in [1.82, 2.24) is 44.6 Å². The highest BCUT2D eigenvalue weighted by molar-refractivity contribution is 6.32. The van der Waals surface area contributed by atoms with Crippen molar-refractivity contribution in [3.63, 3.8) is 0 Å². The lowest BCUT2D eigenvalue weighted by molar-refractivity contribution is -0.126. The van der Waals surface area contributed by atoms with E-state index >= 15 is 0 Å². The molecule has 7 heterocycles. The molecule has 0 radical (unpaired) electrons. The number of methoxy groups -OCH3 is 2. The second kappa shape index (κ2) is 27.4. The quantitative estimate of drug-likeness (QED) is 0.0829. The highest BCUT2D eigenvalue weighted by Crippen LogP contribution is 2.43. The molecule has 3 aliphatic rings. The number of fused-ring (bicyclic) bond motifs is 2. The lowest BCUT2D eigenvalue weighted by Gasteiger charge is -2.40. The van der Waals surface area contributed by atoms with Gasteiger partial charge in [-0.2, -0.15) is 0 Å². The van der Waals surface area contributed by atoms with Crippen LogP contribution in [0, 0.1) is 0 Å². The van der Waals surface area contributed by atoms with Crippen molar-refractivity contribution in [3.05, 3.63) is 172 Å². The fourth-order valence-corrected chi connectivity index (χ4v) is 10.3. The Balaban J connectivity index is 0.000000173. The molecule has 4 aromatic carbocycles. The van der Waals surface area contributed by atoms with Crippen LogP contribution in [-0.4, -0.2) is 143 Å². The molecule has 2 N–H and O–H groups in total. The molecular formula is C61H70Cl2N12O4. The second-order valence-electron chi connectivity index (χ2n) is 19.7. The van der Waals surface area contributed by atoms with E-state index in [1.807, 2.05) is 60.7 Å². The van der Waals surface area contributed by atoms with E-state index in [-0.39, 0.29) is 31.1 Å². The molecule has 0 spiro atoms. The lowest BCUT2D eigenvalue weighted by atomic mass is 9.91. The number of piperidine rings is 1. The van der Waals surface area contributed by atoms with E-state index in [2.05, 4.69) is 105 Å². The maximum Gasteiger partial charge on any atom is 0.152 e. The van der Waals surface area contributed by atoms with Crippen LogP contribution in [0.15, 0.2) is 133 Å². The van der Waals surface area contributed by atoms with Gasteiger partial charge in [0.2, 0.25) is 0 Å². The minimum absolute atomic E-state index is 0. The van der Waals surface area contributed by atoms with E-state index < -0.39 is 0 Å². The number of likely N-dealkylation sites (N-methyl/N-ethyl adjacent to an activating group) is 2. The molecule has 0 saturated carbocycles. The number of benzene rings is 4. The number of carbonyl (C=O) groups excluding carboxylic acids is 2. The predicted molar refractivity (Wildman–Crippen MR) is 319 cm³/mol. The molecule has 3 fully saturated rings. The molecule has 4 aromatic heterocycles. The van der Waals surface area contributed by atoms with Gasteiger partial charge in [-0.3, -0.25) is 29.4 Å². The van der Waals surface area contributed by atoms with Crippen LogP contribution in [0.1, 0.15) is 73.4 Å². The number of para-hydroxylation sites is 2. The van der Waals surface area contributed by atoms with Gasteiger partial charge in [0.1, 0.15) is 40.0 Å². The molecule has 0 bridgehead atoms. The van der Waals surface area contributed by atoms with E-state index in [1.54, 1.807) is 51.0 Å². The summed E-state index contributed by atoms with van der Waals surface area (Å²) < 4.78 is 10.5. The third kappa shape index (κ3) is 14.8. The van der Waals surface area contributed by atoms with E-state index in [0.717, 1.165) is 120 Å². The predicted octanol–water partition coefficient (Wildman–Crippen LogP) is 10.9. The minimum Gasteiger partial charge on any atom is -0.497 e. The van der Waals surface area contributed by atoms with Crippen LogP contribution < -0.4 is 19.3 Å². The number of aliphatic imine (C=N–C) groups is 1. The number of ether oxygens (including phenoxy) is 2. The number of likely N-dealkylation sites (tertiary alicyclic amines) is 1. The van der Waals surface area contributed by atoms with Crippen LogP contribution in [0.3, 0.4) is 0 Å². The van der Waals surface area contributed by atoms with Gasteiger partial charge in [-0.05, 0) is 117 Å². The third-order valence-corrected chi connectivity index (χ3v) is 14.8. The van der Waals surface area contributed by atoms with Crippen molar-refractivity contribution in [3.8, 4) is 11.5 Å². The number of aromatic amines is 2. The molecule has 18 heteroatoms. The Hall–Kier alpha value is -7.47. The van der Waals surface area contributed by atoms with Crippen molar-refractivity contribution in [1.29, 1.82) is 0 Å². The summed E-state index contributed by atoms with van der Waals surface area (Å²) in [6.07, 6.45) is 9.12. The van der Waals surface area contributed by atoms with Crippen molar-refractivity contribution in [2.45, 2.75) is 52.4 Å². The number of hydrogen-bond acceptors (Lipinski definition) is 14. The van der Waals surface area contributed by atoms with Gasteiger partial charge in [-0.15, -0.1) is 0 Å². The number of ketones is 2. The van der Waals surface area contributed by atoms with Crippen LogP contribution in [0.4, 0.5) is 11.4 Å². The fourth-order valence-electron chi connectivity index (χ4n) is 9.85. The molecular weight excluding hydrogens is 1040 g/mol. The number of rotatable bonds is 13. The average Bonchev–Trinajstić information content (AvgIpc) is 4.16. The zero-order chi connectivity index (χ0) is 54.5. The van der Waals surface area contributed by atoms with Crippen LogP contribution in [-0.2, 0) is 22.7 Å². The number of piperazine rings is 2. The number of allylic oxidation sites excluding steroid dienone is 1. The first kappa shape index (κ1) is 57.7. The summed E-state index contributed by atoms with van der Waals surface area (Å²) in [4.78, 5) is 65.7. The Bertz CT molecular complexity index is 3350. The molecule has 2 atom stereocenters. The Kier molecular flexibility index (Phi) is 20.0. The van der Waals surface area contributed by atoms with Crippen LogP contribution in [0.5, 0.6) is 11.5 Å². The smallest absolute Gasteiger partial charge is 0.152 e. The molecule has 79 heavy (non-hydrogen) atoms. The summed E-state index contributed by atoms with van der Waals surface area (Å²) in [5.74, 6) is 3.37. The number of pyridine rings is 2. The first-order valence-corrected chi connectivity index (χ1v) is 27.0. The topological polar surface area (TPSA) is 164 Å². The molecule has 0 aliphatic carbocycles. The molecule has 3 aliphatic heterocycles. The maximum absolute atomic E-state index is 13.2. The summed E-state index contributed by atoms with van der Waals surface area (Å²) in [6, 6.07) is 35.1. The van der Waals surface area contributed by atoms with Crippen LogP contribution >= 0.6 is 23.2 Å². The van der Waals surface area contributed by atoms with Crippen molar-refractivity contribution in [2.75, 3.05) is 90.5 Å². The number of hydrogen-bond donors (Lipinski definition) is 2. The summed E-state index contributed by atoms with van der Waals surface area (Å²) in [6.45, 7) is 10.9. The number of Topliss-reactive ketones (excluding diaryl/α,β-unsaturated/α-hetero) is 1. The SMILES string of the molecule is C.CC(=O)/C=C/c1nc2c(N3CCN(C)CC3)cccc2[nH]1.COc1ccc(CN2C(c3nc4c(N5CCN(C)CC5)cccc4[nH]3)CC(=O)CC2c2ncccc2Cl)cc1.COc1ccc(CN=Cc2ncccc2Cl)cc1. The summed E-state index contributed by atoms with van der Waals surface area (Å²) in [7, 11) is 7.62. The average molecular weight is 1110 g/mol. The van der Waals surface area contributed by atoms with Crippen molar-refractivity contribution >= 4 is 80.5 Å². The number of carbonyl (C=O) groups is 2. The van der Waals surface area contributed by atoms with E-state index in [1.165, 1.54) is 18.7 Å². The van der Waals surface area contributed by atoms with E-state index in [0.29, 0.717) is 41.7 Å². The van der Waals surface area contributed by atoms with Gasteiger partial charge in [0.25, 0.3) is 0 Å². The highest BCUT2D eigenvalue weighted by atomic mass is 35.5. The molecule has 0 amide bonds. The number of H-pyrrole nitrogens is 2. The molecule has 16 nitrogen and oxygen atoms in total. The largest absolute Gasteiger partial charge is 0.497 e. The number of anilines is 2. The monoisotopic (exact) mass is 1100 g/mol. The van der Waals surface area contributed by atoms with Gasteiger partial charge >= 0.3 is 0 Å². The molecule has 412 valence electrons. The Morgan fingerprint density at radius 2 is 1.22 bits per heavy atom. The highest BCUT2D eigenvalue weighted by Gasteiger charge is 2.40. The first-order chi connectivity index (χ1) is 37.9. The van der Waals surface area contributed by atoms with Gasteiger partial charge in [0, 0.05) is 90.4 Å². The van der Waals surface area contributed by atoms with E-state index in [9.17, 15) is 9.59 Å². The normalized spacial score (nSPS) is 17.3. The number of nitrogens with zero attached hydrogens (tertiary/aromatic N) is 10. The van der Waals surface area contributed by atoms with Crippen molar-refractivity contribution in [2.24, 2.45) is 4.99 Å². The number of nitrogens with one attached hydrogen (secondary N) is 2. The minimum atomic E-state index is -0.266. The number of imidazole rings is 2. The van der Waals surface area contributed by atoms with Gasteiger partial charge in [0.05, 0.1) is 76.7 Å². The van der Waals surface area contributed by atoms with Crippen LogP contribution in [0.25, 0.3) is 28.1 Å². The zero-order valence-corrected chi connectivity index (χ0v) is 46.3. The van der Waals surface area contributed by atoms with Crippen LogP contribution in [0.2, 0.25) is 10.0 Å². The fraction of sp³-hybridized carbons (Fsp3) is 0.328. The Morgan fingerprint density at radius 3 is 1.78 bits per heavy atom. The first-order valence-electron chi connectivity index (χ1n) is 26.2. The maximum atomic E-state index is 13.2. The molecule has 3 saturated heterocycles. The van der Waals surface area contributed by atoms with E-state index in [4.69, 9.17) is 37.7 Å². The molecule has 8 aromatic rings.